The molecule has 2 aromatic heterocycles. The van der Waals surface area contributed by atoms with Crippen LogP contribution >= 0.6 is 0 Å². The molecule has 2 bridgehead atoms. The number of imidazole rings is 1. The van der Waals surface area contributed by atoms with E-state index in [1.165, 1.54) is 30.5 Å². The van der Waals surface area contributed by atoms with Crippen LogP contribution in [-0.2, 0) is 0 Å². The number of fused-ring (bicyclic) bond motifs is 6. The van der Waals surface area contributed by atoms with E-state index in [0.29, 0.717) is 17.3 Å². The van der Waals surface area contributed by atoms with Crippen LogP contribution in [0.4, 0.5) is 0 Å². The summed E-state index contributed by atoms with van der Waals surface area (Å²) in [4.78, 5) is 13.3. The molecule has 3 aromatic carbocycles. The molecule has 1 fully saturated rings. The van der Waals surface area contributed by atoms with Crippen molar-refractivity contribution in [3.05, 3.63) is 90.1 Å². The minimum atomic E-state index is 0.219. The molecule has 0 saturated heterocycles. The van der Waals surface area contributed by atoms with E-state index in [1.54, 1.807) is 6.07 Å². The Morgan fingerprint density at radius 1 is 0.758 bits per heavy atom. The largest absolute Gasteiger partial charge is 0.507 e. The fraction of sp³-hybridized carbons (Fsp3) is 0.172. The Bertz CT molecular complexity index is 1530. The number of benzene rings is 3. The van der Waals surface area contributed by atoms with Crippen molar-refractivity contribution in [2.75, 3.05) is 0 Å². The van der Waals surface area contributed by atoms with Gasteiger partial charge in [0.2, 0.25) is 0 Å². The fourth-order valence-electron chi connectivity index (χ4n) is 5.74. The zero-order valence-electron chi connectivity index (χ0n) is 18.1. The number of aromatic nitrogens is 3. The highest BCUT2D eigenvalue weighted by molar-refractivity contribution is 5.94. The van der Waals surface area contributed by atoms with E-state index in [9.17, 15) is 5.11 Å². The van der Waals surface area contributed by atoms with Gasteiger partial charge in [0, 0.05) is 22.7 Å². The molecule has 2 N–H and O–H groups in total. The lowest BCUT2D eigenvalue weighted by Gasteiger charge is -2.15. The number of pyridine rings is 1. The van der Waals surface area contributed by atoms with Crippen molar-refractivity contribution in [1.82, 2.24) is 15.0 Å². The molecule has 4 heteroatoms. The Hall–Kier alpha value is -3.92. The van der Waals surface area contributed by atoms with Gasteiger partial charge in [0.1, 0.15) is 11.6 Å². The first-order valence-corrected chi connectivity index (χ1v) is 11.6. The molecule has 2 aliphatic carbocycles. The molecule has 160 valence electrons. The molecule has 0 radical (unpaired) electrons. The second kappa shape index (κ2) is 7.04. The van der Waals surface area contributed by atoms with Crippen molar-refractivity contribution in [2.24, 2.45) is 0 Å². The zero-order chi connectivity index (χ0) is 21.9. The van der Waals surface area contributed by atoms with Gasteiger partial charge in [-0.15, -0.1) is 0 Å². The maximum atomic E-state index is 10.3. The first kappa shape index (κ1) is 18.6. The quantitative estimate of drug-likeness (QED) is 0.324. The highest BCUT2D eigenvalue weighted by atomic mass is 16.3. The standard InChI is InChI=1S/C29H23N3O/c33-26-10-2-1-7-23(26)29-31-25-9-4-8-21(28(25)32-29)17-5-3-6-19(15-17)24-14-13-22-18-11-12-20(16-18)27(22)30-24/h1-10,13-15,18,20,33H,11-12,16H2,(H,31,32). The summed E-state index contributed by atoms with van der Waals surface area (Å²) in [6.07, 6.45) is 3.89. The Kier molecular flexibility index (Phi) is 3.98. The molecule has 1 saturated carbocycles. The minimum absolute atomic E-state index is 0.219. The summed E-state index contributed by atoms with van der Waals surface area (Å²) in [6, 6.07) is 26.5. The maximum Gasteiger partial charge on any atom is 0.142 e. The first-order valence-electron chi connectivity index (χ1n) is 11.6. The van der Waals surface area contributed by atoms with Gasteiger partial charge >= 0.3 is 0 Å². The molecule has 0 spiro atoms. The number of para-hydroxylation sites is 2. The van der Waals surface area contributed by atoms with Gasteiger partial charge in [0.15, 0.2) is 0 Å². The monoisotopic (exact) mass is 429 g/mol. The van der Waals surface area contributed by atoms with E-state index >= 15 is 0 Å². The molecule has 2 heterocycles. The van der Waals surface area contributed by atoms with Crippen LogP contribution in [0.5, 0.6) is 5.75 Å². The lowest BCUT2D eigenvalue weighted by atomic mass is 9.94. The van der Waals surface area contributed by atoms with Crippen LogP contribution in [0.15, 0.2) is 78.9 Å². The SMILES string of the molecule is Oc1ccccc1-c1nc2c(-c3cccc(-c4ccc5c(n4)C4CCC5C4)c3)cccc2[nH]1. The third-order valence-electron chi connectivity index (χ3n) is 7.36. The van der Waals surface area contributed by atoms with Crippen LogP contribution < -0.4 is 0 Å². The van der Waals surface area contributed by atoms with E-state index in [2.05, 4.69) is 47.4 Å². The van der Waals surface area contributed by atoms with Crippen molar-refractivity contribution in [1.29, 1.82) is 0 Å². The third-order valence-corrected chi connectivity index (χ3v) is 7.36. The number of hydrogen-bond acceptors (Lipinski definition) is 3. The van der Waals surface area contributed by atoms with E-state index in [0.717, 1.165) is 39.3 Å². The van der Waals surface area contributed by atoms with Gasteiger partial charge in [-0.1, -0.05) is 48.5 Å². The van der Waals surface area contributed by atoms with Gasteiger partial charge < -0.3 is 10.1 Å². The second-order valence-electron chi connectivity index (χ2n) is 9.26. The van der Waals surface area contributed by atoms with Crippen molar-refractivity contribution < 1.29 is 5.11 Å². The van der Waals surface area contributed by atoms with Crippen LogP contribution in [-0.4, -0.2) is 20.1 Å². The molecule has 2 atom stereocenters. The molecule has 5 aromatic rings. The molecular weight excluding hydrogens is 406 g/mol. The number of nitrogens with one attached hydrogen (secondary N) is 1. The maximum absolute atomic E-state index is 10.3. The van der Waals surface area contributed by atoms with E-state index in [-0.39, 0.29) is 5.75 Å². The average molecular weight is 430 g/mol. The van der Waals surface area contributed by atoms with Gasteiger partial charge in [0.05, 0.1) is 22.3 Å². The molecule has 2 unspecified atom stereocenters. The fourth-order valence-corrected chi connectivity index (χ4v) is 5.74. The summed E-state index contributed by atoms with van der Waals surface area (Å²) in [6.45, 7) is 0. The molecule has 0 amide bonds. The van der Waals surface area contributed by atoms with E-state index in [4.69, 9.17) is 9.97 Å². The van der Waals surface area contributed by atoms with Crippen LogP contribution in [0.25, 0.3) is 44.8 Å². The highest BCUT2D eigenvalue weighted by Gasteiger charge is 2.38. The van der Waals surface area contributed by atoms with Gasteiger partial charge in [-0.2, -0.15) is 0 Å². The number of hydrogen-bond donors (Lipinski definition) is 2. The first-order chi connectivity index (χ1) is 16.2. The van der Waals surface area contributed by atoms with Crippen molar-refractivity contribution in [3.8, 4) is 39.5 Å². The summed E-state index contributed by atoms with van der Waals surface area (Å²) < 4.78 is 0. The number of aromatic amines is 1. The second-order valence-corrected chi connectivity index (χ2v) is 9.26. The van der Waals surface area contributed by atoms with Gasteiger partial charge in [-0.05, 0) is 66.6 Å². The van der Waals surface area contributed by atoms with Crippen LogP contribution in [0, 0.1) is 0 Å². The summed E-state index contributed by atoms with van der Waals surface area (Å²) in [5.74, 6) is 2.27. The Balaban J connectivity index is 1.32. The van der Waals surface area contributed by atoms with E-state index < -0.39 is 0 Å². The Morgan fingerprint density at radius 3 is 2.52 bits per heavy atom. The normalized spacial score (nSPS) is 18.7. The van der Waals surface area contributed by atoms with Crippen molar-refractivity contribution in [3.63, 3.8) is 0 Å². The van der Waals surface area contributed by atoms with Crippen LogP contribution in [0.2, 0.25) is 0 Å². The number of phenolic OH excluding ortho intramolecular Hbond substituents is 1. The predicted molar refractivity (Wildman–Crippen MR) is 131 cm³/mol. The van der Waals surface area contributed by atoms with Crippen molar-refractivity contribution in [2.45, 2.75) is 31.1 Å². The molecule has 0 aliphatic heterocycles. The number of H-pyrrole nitrogens is 1. The number of phenols is 1. The summed E-state index contributed by atoms with van der Waals surface area (Å²) >= 11 is 0. The van der Waals surface area contributed by atoms with Gasteiger partial charge in [-0.25, -0.2) is 4.98 Å². The topological polar surface area (TPSA) is 61.8 Å². The molecule has 2 aliphatic rings. The number of rotatable bonds is 3. The molecule has 4 nitrogen and oxygen atoms in total. The number of aromatic hydroxyl groups is 1. The highest BCUT2D eigenvalue weighted by Crippen LogP contribution is 2.52. The summed E-state index contributed by atoms with van der Waals surface area (Å²) in [5.41, 5.74) is 9.70. The van der Waals surface area contributed by atoms with Gasteiger partial charge in [-0.3, -0.25) is 4.98 Å². The summed E-state index contributed by atoms with van der Waals surface area (Å²) in [5, 5.41) is 10.3. The zero-order valence-corrected chi connectivity index (χ0v) is 18.1. The molecular formula is C29H23N3O. The molecule has 33 heavy (non-hydrogen) atoms. The lowest BCUT2D eigenvalue weighted by molar-refractivity contribution is 0.477. The van der Waals surface area contributed by atoms with Crippen LogP contribution in [0.3, 0.4) is 0 Å². The minimum Gasteiger partial charge on any atom is -0.507 e. The average Bonchev–Trinajstić information content (AvgIpc) is 3.59. The molecule has 7 rings (SSSR count). The third kappa shape index (κ3) is 2.91. The van der Waals surface area contributed by atoms with Crippen LogP contribution in [0.1, 0.15) is 42.4 Å². The Morgan fingerprint density at radius 2 is 1.58 bits per heavy atom. The summed E-state index contributed by atoms with van der Waals surface area (Å²) in [7, 11) is 0. The lowest BCUT2D eigenvalue weighted by Crippen LogP contribution is -2.01. The Labute approximate surface area is 192 Å². The number of nitrogens with zero attached hydrogens (tertiary/aromatic N) is 2. The smallest absolute Gasteiger partial charge is 0.142 e. The van der Waals surface area contributed by atoms with Crippen molar-refractivity contribution >= 4 is 11.0 Å². The van der Waals surface area contributed by atoms with Gasteiger partial charge in [0.25, 0.3) is 0 Å². The predicted octanol–water partition coefficient (Wildman–Crippen LogP) is 7.03. The van der Waals surface area contributed by atoms with E-state index in [1.807, 2.05) is 30.3 Å².